The summed E-state index contributed by atoms with van der Waals surface area (Å²) in [5.74, 6) is -0.318. The summed E-state index contributed by atoms with van der Waals surface area (Å²) in [6.45, 7) is 2.95. The van der Waals surface area contributed by atoms with E-state index >= 15 is 0 Å². The summed E-state index contributed by atoms with van der Waals surface area (Å²) >= 11 is 0. The molecule has 0 spiro atoms. The maximum absolute atomic E-state index is 13.1. The Morgan fingerprint density at radius 2 is 1.87 bits per heavy atom. The van der Waals surface area contributed by atoms with Crippen LogP contribution >= 0.6 is 0 Å². The molecule has 0 bridgehead atoms. The average Bonchev–Trinajstić information content (AvgIpc) is 2.73. The van der Waals surface area contributed by atoms with Crippen molar-refractivity contribution in [3.8, 4) is 11.5 Å². The Balaban J connectivity index is 1.47. The van der Waals surface area contributed by atoms with Crippen LogP contribution in [0.25, 0.3) is 0 Å². The van der Waals surface area contributed by atoms with Crippen molar-refractivity contribution in [3.63, 3.8) is 0 Å². The number of phenols is 1. The molecule has 0 aliphatic carbocycles. The van der Waals surface area contributed by atoms with Crippen molar-refractivity contribution in [1.29, 1.82) is 0 Å². The van der Waals surface area contributed by atoms with Gasteiger partial charge >= 0.3 is 0 Å². The first kappa shape index (κ1) is 22.0. The maximum atomic E-state index is 13.1. The number of sulfonamides is 1. The Morgan fingerprint density at radius 3 is 2.57 bits per heavy atom. The van der Waals surface area contributed by atoms with Crippen LogP contribution in [0.1, 0.15) is 18.4 Å². The number of aromatic hydroxyl groups is 1. The third-order valence-corrected chi connectivity index (χ3v) is 6.85. The van der Waals surface area contributed by atoms with E-state index in [4.69, 9.17) is 4.74 Å². The van der Waals surface area contributed by atoms with Gasteiger partial charge in [0.25, 0.3) is 0 Å². The van der Waals surface area contributed by atoms with Gasteiger partial charge in [-0.2, -0.15) is 4.31 Å². The van der Waals surface area contributed by atoms with Gasteiger partial charge in [0.05, 0.1) is 6.61 Å². The molecule has 9 heteroatoms. The van der Waals surface area contributed by atoms with Gasteiger partial charge < -0.3 is 14.7 Å². The molecule has 1 fully saturated rings. The molecule has 2 aromatic carbocycles. The number of phenolic OH excluding ortho intramolecular Hbond substituents is 1. The number of halogens is 1. The summed E-state index contributed by atoms with van der Waals surface area (Å²) in [4.78, 5) is 13.9. The normalized spacial score (nSPS) is 15.2. The summed E-state index contributed by atoms with van der Waals surface area (Å²) in [6.07, 6.45) is 0.742. The van der Waals surface area contributed by atoms with E-state index in [0.717, 1.165) is 5.56 Å². The third-order valence-electron chi connectivity index (χ3n) is 4.92. The van der Waals surface area contributed by atoms with Crippen molar-refractivity contribution < 1.29 is 27.4 Å². The van der Waals surface area contributed by atoms with Gasteiger partial charge in [-0.25, -0.2) is 12.8 Å². The van der Waals surface area contributed by atoms with Crippen LogP contribution in [0, 0.1) is 12.7 Å². The van der Waals surface area contributed by atoms with Gasteiger partial charge in [0, 0.05) is 38.7 Å². The molecule has 1 aliphatic heterocycles. The minimum atomic E-state index is -3.82. The molecule has 162 valence electrons. The molecule has 0 saturated carbocycles. The summed E-state index contributed by atoms with van der Waals surface area (Å²) in [5.41, 5.74) is 0.737. The van der Waals surface area contributed by atoms with E-state index in [1.165, 1.54) is 28.6 Å². The molecule has 2 aromatic rings. The van der Waals surface area contributed by atoms with Crippen LogP contribution in [0.15, 0.2) is 47.4 Å². The summed E-state index contributed by atoms with van der Waals surface area (Å²) in [6, 6.07) is 10.3. The summed E-state index contributed by atoms with van der Waals surface area (Å²) in [5, 5.41) is 9.96. The van der Waals surface area contributed by atoms with Crippen LogP contribution < -0.4 is 4.74 Å². The Bertz CT molecular complexity index is 1000. The summed E-state index contributed by atoms with van der Waals surface area (Å²) < 4.78 is 45.5. The zero-order valence-corrected chi connectivity index (χ0v) is 17.6. The van der Waals surface area contributed by atoms with Crippen LogP contribution in [0.3, 0.4) is 0 Å². The molecule has 0 unspecified atom stereocenters. The number of nitrogens with zero attached hydrogens (tertiary/aromatic N) is 2. The molecule has 1 amide bonds. The standard InChI is InChI=1S/C21H25FN2O5S/c1-16-7-8-19(25)20(14-16)30(27,28)24-11-9-23(10-12-24)21(26)6-3-13-29-18-5-2-4-17(22)15-18/h2,4-5,7-8,14-15,25H,3,6,9-13H2,1H3. The highest BCUT2D eigenvalue weighted by molar-refractivity contribution is 7.89. The number of hydrogen-bond acceptors (Lipinski definition) is 5. The third kappa shape index (κ3) is 5.28. The smallest absolute Gasteiger partial charge is 0.246 e. The number of piperazine rings is 1. The van der Waals surface area contributed by atoms with Crippen molar-refractivity contribution in [2.24, 2.45) is 0 Å². The van der Waals surface area contributed by atoms with Crippen molar-refractivity contribution in [2.75, 3.05) is 32.8 Å². The largest absolute Gasteiger partial charge is 0.507 e. The van der Waals surface area contributed by atoms with E-state index in [1.807, 2.05) is 0 Å². The number of aryl methyl sites for hydroxylation is 1. The summed E-state index contributed by atoms with van der Waals surface area (Å²) in [7, 11) is -3.82. The molecular formula is C21H25FN2O5S. The first-order chi connectivity index (χ1) is 14.3. The van der Waals surface area contributed by atoms with Crippen molar-refractivity contribution in [2.45, 2.75) is 24.7 Å². The number of carbonyl (C=O) groups excluding carboxylic acids is 1. The van der Waals surface area contributed by atoms with Crippen LogP contribution in [-0.4, -0.2) is 61.4 Å². The first-order valence-electron chi connectivity index (χ1n) is 9.73. The van der Waals surface area contributed by atoms with E-state index < -0.39 is 10.0 Å². The minimum Gasteiger partial charge on any atom is -0.507 e. The van der Waals surface area contributed by atoms with Crippen LogP contribution in [0.5, 0.6) is 11.5 Å². The van der Waals surface area contributed by atoms with Gasteiger partial charge in [-0.15, -0.1) is 0 Å². The lowest BCUT2D eigenvalue weighted by Gasteiger charge is -2.34. The topological polar surface area (TPSA) is 87.2 Å². The van der Waals surface area contributed by atoms with Gasteiger partial charge in [-0.05, 0) is 43.2 Å². The number of carbonyl (C=O) groups is 1. The van der Waals surface area contributed by atoms with Gasteiger partial charge in [0.15, 0.2) is 0 Å². The minimum absolute atomic E-state index is 0.0757. The van der Waals surface area contributed by atoms with Crippen molar-refractivity contribution in [1.82, 2.24) is 9.21 Å². The number of ether oxygens (including phenoxy) is 1. The number of amides is 1. The van der Waals surface area contributed by atoms with Crippen molar-refractivity contribution in [3.05, 3.63) is 53.8 Å². The van der Waals surface area contributed by atoms with Crippen LogP contribution in [-0.2, 0) is 14.8 Å². The predicted octanol–water partition coefficient (Wildman–Crippen LogP) is 2.53. The van der Waals surface area contributed by atoms with Crippen molar-refractivity contribution >= 4 is 15.9 Å². The first-order valence-corrected chi connectivity index (χ1v) is 11.2. The molecule has 0 aromatic heterocycles. The molecule has 0 radical (unpaired) electrons. The second-order valence-corrected chi connectivity index (χ2v) is 9.07. The van der Waals surface area contributed by atoms with E-state index in [0.29, 0.717) is 12.2 Å². The molecule has 1 aliphatic rings. The lowest BCUT2D eigenvalue weighted by atomic mass is 10.2. The second-order valence-electron chi connectivity index (χ2n) is 7.17. The maximum Gasteiger partial charge on any atom is 0.246 e. The molecule has 30 heavy (non-hydrogen) atoms. The quantitative estimate of drug-likeness (QED) is 0.674. The molecule has 1 heterocycles. The van der Waals surface area contributed by atoms with E-state index in [-0.39, 0.29) is 61.6 Å². The van der Waals surface area contributed by atoms with E-state index in [1.54, 1.807) is 30.0 Å². The van der Waals surface area contributed by atoms with E-state index in [9.17, 15) is 22.7 Å². The Kier molecular flexibility index (Phi) is 6.94. The second kappa shape index (κ2) is 9.44. The van der Waals surface area contributed by atoms with E-state index in [2.05, 4.69) is 0 Å². The Hall–Kier alpha value is -2.65. The van der Waals surface area contributed by atoms with Gasteiger partial charge in [-0.1, -0.05) is 12.1 Å². The lowest BCUT2D eigenvalue weighted by molar-refractivity contribution is -0.132. The molecular weight excluding hydrogens is 411 g/mol. The monoisotopic (exact) mass is 436 g/mol. The lowest BCUT2D eigenvalue weighted by Crippen LogP contribution is -2.50. The molecule has 3 rings (SSSR count). The van der Waals surface area contributed by atoms with Gasteiger partial charge in [0.1, 0.15) is 22.2 Å². The average molecular weight is 437 g/mol. The molecule has 1 saturated heterocycles. The number of benzene rings is 2. The van der Waals surface area contributed by atoms with Gasteiger partial charge in [-0.3, -0.25) is 4.79 Å². The molecule has 0 atom stereocenters. The number of hydrogen-bond donors (Lipinski definition) is 1. The fourth-order valence-electron chi connectivity index (χ4n) is 3.27. The Labute approximate surface area is 175 Å². The molecule has 7 nitrogen and oxygen atoms in total. The van der Waals surface area contributed by atoms with Crippen LogP contribution in [0.4, 0.5) is 4.39 Å². The zero-order valence-electron chi connectivity index (χ0n) is 16.8. The fraction of sp³-hybridized carbons (Fsp3) is 0.381. The fourth-order valence-corrected chi connectivity index (χ4v) is 4.86. The Morgan fingerprint density at radius 1 is 1.13 bits per heavy atom. The number of rotatable bonds is 7. The highest BCUT2D eigenvalue weighted by atomic mass is 32.2. The van der Waals surface area contributed by atoms with Crippen LogP contribution in [0.2, 0.25) is 0 Å². The highest BCUT2D eigenvalue weighted by Gasteiger charge is 2.31. The SMILES string of the molecule is Cc1ccc(O)c(S(=O)(=O)N2CCN(C(=O)CCCOc3cccc(F)c3)CC2)c1. The molecule has 1 N–H and O–H groups in total. The van der Waals surface area contributed by atoms with Gasteiger partial charge in [0.2, 0.25) is 15.9 Å². The predicted molar refractivity (Wildman–Crippen MR) is 109 cm³/mol. The zero-order chi connectivity index (χ0) is 21.7. The highest BCUT2D eigenvalue weighted by Crippen LogP contribution is 2.27.